The first kappa shape index (κ1) is 19.9. The Morgan fingerprint density at radius 1 is 0.893 bits per heavy atom. The molecule has 1 aliphatic heterocycles. The lowest BCUT2D eigenvalue weighted by molar-refractivity contribution is -0.130. The number of anilines is 1. The van der Waals surface area contributed by atoms with E-state index in [2.05, 4.69) is 43.1 Å². The number of nitrogens with one attached hydrogen (secondary N) is 1. The number of piperazine rings is 1. The molecule has 0 unspecified atom stereocenters. The number of amides is 2. The SMILES string of the molecule is CC(C)(C)c1ccc(C(=O)NCC(=O)N2CCN(c3ccccc3)CC2)cc1. The fourth-order valence-electron chi connectivity index (χ4n) is 3.34. The molecular formula is C23H29N3O2. The fourth-order valence-corrected chi connectivity index (χ4v) is 3.34. The van der Waals surface area contributed by atoms with Gasteiger partial charge in [0.15, 0.2) is 0 Å². The smallest absolute Gasteiger partial charge is 0.251 e. The molecule has 1 fully saturated rings. The van der Waals surface area contributed by atoms with Gasteiger partial charge in [-0.15, -0.1) is 0 Å². The zero-order chi connectivity index (χ0) is 20.1. The minimum atomic E-state index is -0.211. The van der Waals surface area contributed by atoms with Crippen molar-refractivity contribution in [1.29, 1.82) is 0 Å². The van der Waals surface area contributed by atoms with Crippen LogP contribution in [0.2, 0.25) is 0 Å². The second kappa shape index (κ2) is 8.46. The lowest BCUT2D eigenvalue weighted by Gasteiger charge is -2.36. The Hall–Kier alpha value is -2.82. The number of nitrogens with zero attached hydrogens (tertiary/aromatic N) is 2. The highest BCUT2D eigenvalue weighted by Gasteiger charge is 2.21. The Kier molecular flexibility index (Phi) is 6.02. The molecule has 0 aliphatic carbocycles. The van der Waals surface area contributed by atoms with Crippen molar-refractivity contribution in [1.82, 2.24) is 10.2 Å². The molecular weight excluding hydrogens is 350 g/mol. The van der Waals surface area contributed by atoms with E-state index >= 15 is 0 Å². The van der Waals surface area contributed by atoms with Gasteiger partial charge < -0.3 is 15.1 Å². The number of carbonyl (C=O) groups excluding carboxylic acids is 2. The van der Waals surface area contributed by atoms with Crippen LogP contribution >= 0.6 is 0 Å². The van der Waals surface area contributed by atoms with Crippen molar-refractivity contribution in [2.75, 3.05) is 37.6 Å². The number of hydrogen-bond acceptors (Lipinski definition) is 3. The van der Waals surface area contributed by atoms with E-state index in [-0.39, 0.29) is 23.8 Å². The zero-order valence-electron chi connectivity index (χ0n) is 16.9. The highest BCUT2D eigenvalue weighted by molar-refractivity contribution is 5.96. The third kappa shape index (κ3) is 4.91. The van der Waals surface area contributed by atoms with Gasteiger partial charge >= 0.3 is 0 Å². The van der Waals surface area contributed by atoms with Gasteiger partial charge in [0.25, 0.3) is 5.91 Å². The molecule has 28 heavy (non-hydrogen) atoms. The van der Waals surface area contributed by atoms with Crippen LogP contribution in [0, 0.1) is 0 Å². The Balaban J connectivity index is 1.47. The Morgan fingerprint density at radius 2 is 1.50 bits per heavy atom. The maximum atomic E-state index is 12.5. The Bertz CT molecular complexity index is 802. The van der Waals surface area contributed by atoms with Crippen LogP contribution in [-0.2, 0) is 10.2 Å². The van der Waals surface area contributed by atoms with Crippen LogP contribution in [0.1, 0.15) is 36.7 Å². The molecule has 5 nitrogen and oxygen atoms in total. The number of benzene rings is 2. The summed E-state index contributed by atoms with van der Waals surface area (Å²) in [5, 5.41) is 2.75. The topological polar surface area (TPSA) is 52.7 Å². The lowest BCUT2D eigenvalue weighted by atomic mass is 9.87. The number of carbonyl (C=O) groups is 2. The first-order valence-electron chi connectivity index (χ1n) is 9.81. The predicted molar refractivity (Wildman–Crippen MR) is 113 cm³/mol. The van der Waals surface area contributed by atoms with Crippen LogP contribution in [0.3, 0.4) is 0 Å². The van der Waals surface area contributed by atoms with Gasteiger partial charge in [0, 0.05) is 37.4 Å². The molecule has 0 saturated carbocycles. The average molecular weight is 380 g/mol. The van der Waals surface area contributed by atoms with Crippen LogP contribution in [0.15, 0.2) is 54.6 Å². The number of rotatable bonds is 4. The van der Waals surface area contributed by atoms with Gasteiger partial charge in [0.2, 0.25) is 5.91 Å². The van der Waals surface area contributed by atoms with E-state index in [0.29, 0.717) is 18.7 Å². The summed E-state index contributed by atoms with van der Waals surface area (Å²) in [6.07, 6.45) is 0. The fraction of sp³-hybridized carbons (Fsp3) is 0.391. The summed E-state index contributed by atoms with van der Waals surface area (Å²) in [7, 11) is 0. The molecule has 1 heterocycles. The normalized spacial score (nSPS) is 14.7. The molecule has 148 valence electrons. The van der Waals surface area contributed by atoms with Gasteiger partial charge in [-0.25, -0.2) is 0 Å². The number of para-hydroxylation sites is 1. The summed E-state index contributed by atoms with van der Waals surface area (Å²) < 4.78 is 0. The maximum absolute atomic E-state index is 12.5. The zero-order valence-corrected chi connectivity index (χ0v) is 16.9. The van der Waals surface area contributed by atoms with E-state index in [0.717, 1.165) is 13.1 Å². The van der Waals surface area contributed by atoms with Crippen molar-refractivity contribution in [3.8, 4) is 0 Å². The largest absolute Gasteiger partial charge is 0.368 e. The van der Waals surface area contributed by atoms with E-state index in [9.17, 15) is 9.59 Å². The summed E-state index contributed by atoms with van der Waals surface area (Å²) in [5.41, 5.74) is 2.99. The molecule has 5 heteroatoms. The second-order valence-corrected chi connectivity index (χ2v) is 8.21. The molecule has 3 rings (SSSR count). The van der Waals surface area contributed by atoms with Crippen molar-refractivity contribution < 1.29 is 9.59 Å². The minimum Gasteiger partial charge on any atom is -0.368 e. The summed E-state index contributed by atoms with van der Waals surface area (Å²) in [6.45, 7) is 9.39. The van der Waals surface area contributed by atoms with E-state index in [1.54, 1.807) is 0 Å². The summed E-state index contributed by atoms with van der Waals surface area (Å²) in [5.74, 6) is -0.246. The molecule has 0 bridgehead atoms. The van der Waals surface area contributed by atoms with Gasteiger partial charge in [-0.05, 0) is 35.2 Å². The monoisotopic (exact) mass is 379 g/mol. The molecule has 0 atom stereocenters. The van der Waals surface area contributed by atoms with Crippen LogP contribution < -0.4 is 10.2 Å². The molecule has 2 aromatic rings. The molecule has 2 aromatic carbocycles. The van der Waals surface area contributed by atoms with E-state index in [1.165, 1.54) is 11.3 Å². The van der Waals surface area contributed by atoms with Gasteiger partial charge in [0.1, 0.15) is 0 Å². The van der Waals surface area contributed by atoms with Gasteiger partial charge in [-0.2, -0.15) is 0 Å². The highest BCUT2D eigenvalue weighted by Crippen LogP contribution is 2.22. The van der Waals surface area contributed by atoms with Crippen molar-refractivity contribution in [2.24, 2.45) is 0 Å². The summed E-state index contributed by atoms with van der Waals surface area (Å²) in [6, 6.07) is 17.8. The maximum Gasteiger partial charge on any atom is 0.251 e. The van der Waals surface area contributed by atoms with Crippen LogP contribution in [0.4, 0.5) is 5.69 Å². The molecule has 1 N–H and O–H groups in total. The summed E-state index contributed by atoms with van der Waals surface area (Å²) >= 11 is 0. The van der Waals surface area contributed by atoms with Gasteiger partial charge in [-0.3, -0.25) is 9.59 Å². The third-order valence-electron chi connectivity index (χ3n) is 5.17. The predicted octanol–water partition coefficient (Wildman–Crippen LogP) is 3.06. The number of hydrogen-bond donors (Lipinski definition) is 1. The van der Waals surface area contributed by atoms with Gasteiger partial charge in [0.05, 0.1) is 6.54 Å². The third-order valence-corrected chi connectivity index (χ3v) is 5.17. The highest BCUT2D eigenvalue weighted by atomic mass is 16.2. The van der Waals surface area contributed by atoms with E-state index in [4.69, 9.17) is 0 Å². The molecule has 0 aromatic heterocycles. The van der Waals surface area contributed by atoms with Crippen LogP contribution in [-0.4, -0.2) is 49.4 Å². The van der Waals surface area contributed by atoms with Crippen molar-refractivity contribution in [2.45, 2.75) is 26.2 Å². The Morgan fingerprint density at radius 3 is 2.07 bits per heavy atom. The first-order chi connectivity index (χ1) is 13.3. The van der Waals surface area contributed by atoms with Crippen LogP contribution in [0.25, 0.3) is 0 Å². The van der Waals surface area contributed by atoms with Crippen LogP contribution in [0.5, 0.6) is 0 Å². The quantitative estimate of drug-likeness (QED) is 0.888. The van der Waals surface area contributed by atoms with Crippen molar-refractivity contribution in [3.05, 3.63) is 65.7 Å². The first-order valence-corrected chi connectivity index (χ1v) is 9.81. The van der Waals surface area contributed by atoms with E-state index < -0.39 is 0 Å². The molecule has 0 spiro atoms. The van der Waals surface area contributed by atoms with Gasteiger partial charge in [-0.1, -0.05) is 51.1 Å². The second-order valence-electron chi connectivity index (χ2n) is 8.21. The van der Waals surface area contributed by atoms with E-state index in [1.807, 2.05) is 47.4 Å². The lowest BCUT2D eigenvalue weighted by Crippen LogP contribution is -2.51. The standard InChI is InChI=1S/C23H29N3O2/c1-23(2,3)19-11-9-18(10-12-19)22(28)24-17-21(27)26-15-13-25(14-16-26)20-7-5-4-6-8-20/h4-12H,13-17H2,1-3H3,(H,24,28). The molecule has 0 radical (unpaired) electrons. The summed E-state index contributed by atoms with van der Waals surface area (Å²) in [4.78, 5) is 28.9. The van der Waals surface area contributed by atoms with Crippen molar-refractivity contribution >= 4 is 17.5 Å². The minimum absolute atomic E-state index is 0.0329. The Labute approximate surface area is 167 Å². The average Bonchev–Trinajstić information content (AvgIpc) is 2.72. The van der Waals surface area contributed by atoms with Crippen molar-refractivity contribution in [3.63, 3.8) is 0 Å². The molecule has 2 amide bonds. The molecule has 1 saturated heterocycles. The molecule has 1 aliphatic rings.